The molecule has 19 heavy (non-hydrogen) atoms. The fourth-order valence-corrected chi connectivity index (χ4v) is 3.81. The van der Waals surface area contributed by atoms with Crippen LogP contribution in [-0.4, -0.2) is 23.8 Å². The number of aryl methyl sites for hydroxylation is 1. The summed E-state index contributed by atoms with van der Waals surface area (Å²) in [6, 6.07) is 6.52. The van der Waals surface area contributed by atoms with Crippen LogP contribution in [0.5, 0.6) is 0 Å². The summed E-state index contributed by atoms with van der Waals surface area (Å²) in [5.41, 5.74) is 2.83. The molecular weight excluding hydrogens is 302 g/mol. The second-order valence-corrected chi connectivity index (χ2v) is 7.18. The summed E-state index contributed by atoms with van der Waals surface area (Å²) < 4.78 is 1.14. The number of anilines is 1. The number of hydrogen-bond donors (Lipinski definition) is 1. The van der Waals surface area contributed by atoms with E-state index in [0.717, 1.165) is 23.9 Å². The van der Waals surface area contributed by atoms with Gasteiger partial charge in [-0.3, -0.25) is 0 Å². The van der Waals surface area contributed by atoms with Crippen LogP contribution in [0.4, 0.5) is 5.69 Å². The lowest BCUT2D eigenvalue weighted by molar-refractivity contribution is 0.205. The molecule has 2 rings (SSSR count). The van der Waals surface area contributed by atoms with Gasteiger partial charge in [-0.25, -0.2) is 0 Å². The zero-order chi connectivity index (χ0) is 14.0. The van der Waals surface area contributed by atoms with E-state index >= 15 is 0 Å². The smallest absolute Gasteiger partial charge is 0.0433 e. The summed E-state index contributed by atoms with van der Waals surface area (Å²) in [6.45, 7) is 8.21. The molecule has 1 aliphatic rings. The molecule has 1 aromatic carbocycles. The molecule has 1 heterocycles. The van der Waals surface area contributed by atoms with Gasteiger partial charge in [-0.05, 0) is 69.7 Å². The lowest BCUT2D eigenvalue weighted by Crippen LogP contribution is -2.50. The highest BCUT2D eigenvalue weighted by Crippen LogP contribution is 2.38. The summed E-state index contributed by atoms with van der Waals surface area (Å²) in [4.78, 5) is 2.53. The third-order valence-corrected chi connectivity index (χ3v) is 4.76. The monoisotopic (exact) mass is 325 g/mol. The van der Waals surface area contributed by atoms with Gasteiger partial charge in [-0.2, -0.15) is 0 Å². The number of nitrogens with zero attached hydrogens (tertiary/aromatic N) is 1. The molecule has 3 heteroatoms. The zero-order valence-corrected chi connectivity index (χ0v) is 13.7. The highest BCUT2D eigenvalue weighted by Gasteiger charge is 2.35. The normalized spacial score (nSPS) is 22.6. The third-order valence-electron chi connectivity index (χ3n) is 4.27. The molecule has 0 amide bonds. The van der Waals surface area contributed by atoms with Crippen LogP contribution in [0.25, 0.3) is 0 Å². The van der Waals surface area contributed by atoms with E-state index in [1.807, 2.05) is 0 Å². The number of rotatable bonds is 3. The highest BCUT2D eigenvalue weighted by atomic mass is 79.9. The predicted molar refractivity (Wildman–Crippen MR) is 84.7 cm³/mol. The van der Waals surface area contributed by atoms with Gasteiger partial charge in [0.05, 0.1) is 0 Å². The molecule has 0 aromatic heterocycles. The van der Waals surface area contributed by atoms with Crippen LogP contribution in [0.15, 0.2) is 22.7 Å². The van der Waals surface area contributed by atoms with Crippen molar-refractivity contribution < 1.29 is 5.11 Å². The van der Waals surface area contributed by atoms with Crippen molar-refractivity contribution >= 4 is 21.6 Å². The standard InChI is InChI=1S/C16H24BrNO/c1-12-10-14(17)4-5-15(12)18-8-6-13(7-9-19)11-16(18,2)3/h4-5,10,13,19H,6-9,11H2,1-3H3. The predicted octanol–water partition coefficient (Wildman–Crippen LogP) is 4.13. The van der Waals surface area contributed by atoms with Crippen molar-refractivity contribution in [3.05, 3.63) is 28.2 Å². The van der Waals surface area contributed by atoms with Gasteiger partial charge in [0.25, 0.3) is 0 Å². The molecule has 1 saturated heterocycles. The third kappa shape index (κ3) is 3.32. The van der Waals surface area contributed by atoms with E-state index in [-0.39, 0.29) is 5.54 Å². The largest absolute Gasteiger partial charge is 0.396 e. The van der Waals surface area contributed by atoms with Gasteiger partial charge in [0.1, 0.15) is 0 Å². The first kappa shape index (κ1) is 14.9. The summed E-state index contributed by atoms with van der Waals surface area (Å²) >= 11 is 3.53. The zero-order valence-electron chi connectivity index (χ0n) is 12.1. The average Bonchev–Trinajstić information content (AvgIpc) is 2.30. The Morgan fingerprint density at radius 1 is 1.42 bits per heavy atom. The summed E-state index contributed by atoms with van der Waals surface area (Å²) in [6.07, 6.45) is 3.28. The minimum Gasteiger partial charge on any atom is -0.396 e. The van der Waals surface area contributed by atoms with Crippen molar-refractivity contribution in [2.24, 2.45) is 5.92 Å². The van der Waals surface area contributed by atoms with Gasteiger partial charge in [-0.15, -0.1) is 0 Å². The summed E-state index contributed by atoms with van der Waals surface area (Å²) in [5, 5.41) is 9.13. The molecule has 106 valence electrons. The molecule has 1 aliphatic heterocycles. The molecule has 0 radical (unpaired) electrons. The molecule has 0 spiro atoms. The van der Waals surface area contributed by atoms with E-state index in [9.17, 15) is 0 Å². The Bertz CT molecular complexity index is 444. The van der Waals surface area contributed by atoms with Gasteiger partial charge in [-0.1, -0.05) is 15.9 Å². The van der Waals surface area contributed by atoms with Gasteiger partial charge in [0.15, 0.2) is 0 Å². The molecule has 0 bridgehead atoms. The van der Waals surface area contributed by atoms with Crippen LogP contribution < -0.4 is 4.90 Å². The first-order valence-electron chi connectivity index (χ1n) is 7.08. The number of aliphatic hydroxyl groups is 1. The van der Waals surface area contributed by atoms with Crippen molar-refractivity contribution in [2.75, 3.05) is 18.1 Å². The molecule has 1 fully saturated rings. The molecule has 1 aromatic rings. The Kier molecular flexibility index (Phi) is 4.57. The van der Waals surface area contributed by atoms with Gasteiger partial charge in [0.2, 0.25) is 0 Å². The van der Waals surface area contributed by atoms with Crippen LogP contribution in [0.3, 0.4) is 0 Å². The molecule has 1 N–H and O–H groups in total. The summed E-state index contributed by atoms with van der Waals surface area (Å²) in [7, 11) is 0. The van der Waals surface area contributed by atoms with Crippen molar-refractivity contribution in [2.45, 2.75) is 45.6 Å². The number of hydrogen-bond acceptors (Lipinski definition) is 2. The van der Waals surface area contributed by atoms with Crippen molar-refractivity contribution in [1.82, 2.24) is 0 Å². The molecule has 1 atom stereocenters. The van der Waals surface area contributed by atoms with E-state index in [0.29, 0.717) is 12.5 Å². The average molecular weight is 326 g/mol. The molecule has 2 nitrogen and oxygen atoms in total. The first-order chi connectivity index (χ1) is 8.94. The van der Waals surface area contributed by atoms with E-state index in [4.69, 9.17) is 5.11 Å². The first-order valence-corrected chi connectivity index (χ1v) is 7.88. The van der Waals surface area contributed by atoms with Crippen molar-refractivity contribution in [3.63, 3.8) is 0 Å². The van der Waals surface area contributed by atoms with Crippen LogP contribution in [0.2, 0.25) is 0 Å². The van der Waals surface area contributed by atoms with Gasteiger partial charge >= 0.3 is 0 Å². The second-order valence-electron chi connectivity index (χ2n) is 6.27. The maximum Gasteiger partial charge on any atom is 0.0433 e. The minimum atomic E-state index is 0.163. The van der Waals surface area contributed by atoms with E-state index in [2.05, 4.69) is 59.8 Å². The maximum atomic E-state index is 9.13. The lowest BCUT2D eigenvalue weighted by atomic mass is 9.80. The van der Waals surface area contributed by atoms with Crippen LogP contribution in [0.1, 0.15) is 38.7 Å². The summed E-state index contributed by atoms with van der Waals surface area (Å²) in [5.74, 6) is 0.659. The SMILES string of the molecule is Cc1cc(Br)ccc1N1CCC(CCO)CC1(C)C. The van der Waals surface area contributed by atoms with Crippen molar-refractivity contribution in [1.29, 1.82) is 0 Å². The van der Waals surface area contributed by atoms with Crippen LogP contribution in [-0.2, 0) is 0 Å². The fraction of sp³-hybridized carbons (Fsp3) is 0.625. The molecule has 1 unspecified atom stereocenters. The molecular formula is C16H24BrNO. The van der Waals surface area contributed by atoms with E-state index < -0.39 is 0 Å². The Balaban J connectivity index is 2.21. The van der Waals surface area contributed by atoms with E-state index in [1.165, 1.54) is 17.7 Å². The van der Waals surface area contributed by atoms with Crippen molar-refractivity contribution in [3.8, 4) is 0 Å². The Morgan fingerprint density at radius 3 is 2.74 bits per heavy atom. The second kappa shape index (κ2) is 5.84. The van der Waals surface area contributed by atoms with Crippen LogP contribution >= 0.6 is 15.9 Å². The molecule has 0 aliphatic carbocycles. The number of halogens is 1. The minimum absolute atomic E-state index is 0.163. The lowest BCUT2D eigenvalue weighted by Gasteiger charge is -2.47. The topological polar surface area (TPSA) is 23.5 Å². The van der Waals surface area contributed by atoms with Gasteiger partial charge in [0, 0.05) is 28.9 Å². The Hall–Kier alpha value is -0.540. The quantitative estimate of drug-likeness (QED) is 0.902. The number of benzene rings is 1. The number of aliphatic hydroxyl groups excluding tert-OH is 1. The van der Waals surface area contributed by atoms with E-state index in [1.54, 1.807) is 0 Å². The van der Waals surface area contributed by atoms with Gasteiger partial charge < -0.3 is 10.0 Å². The Labute approximate surface area is 124 Å². The maximum absolute atomic E-state index is 9.13. The highest BCUT2D eigenvalue weighted by molar-refractivity contribution is 9.10. The number of piperidine rings is 1. The van der Waals surface area contributed by atoms with Crippen LogP contribution in [0, 0.1) is 12.8 Å². The fourth-order valence-electron chi connectivity index (χ4n) is 3.33. The molecule has 0 saturated carbocycles. The Morgan fingerprint density at radius 2 is 2.16 bits per heavy atom.